The molecule has 2 atom stereocenters. The third-order valence-electron chi connectivity index (χ3n) is 11.2. The van der Waals surface area contributed by atoms with Crippen LogP contribution < -0.4 is 5.11 Å². The van der Waals surface area contributed by atoms with Gasteiger partial charge in [0.2, 0.25) is 0 Å². The molecule has 0 aliphatic heterocycles. The summed E-state index contributed by atoms with van der Waals surface area (Å²) in [6.07, 6.45) is 69.4. The number of nitrogens with zero attached hydrogens (tertiary/aromatic N) is 1. The molecular formula is C62H101NO8. The van der Waals surface area contributed by atoms with Crippen molar-refractivity contribution in [1.82, 2.24) is 0 Å². The number of quaternary nitrogens is 1. The van der Waals surface area contributed by atoms with Crippen LogP contribution in [0.2, 0.25) is 0 Å². The molecule has 2 unspecified atom stereocenters. The summed E-state index contributed by atoms with van der Waals surface area (Å²) in [6.45, 7) is 4.47. The Morgan fingerprint density at radius 2 is 0.761 bits per heavy atom. The average Bonchev–Trinajstić information content (AvgIpc) is 3.34. The van der Waals surface area contributed by atoms with Crippen LogP contribution in [0.15, 0.2) is 122 Å². The van der Waals surface area contributed by atoms with Gasteiger partial charge in [-0.15, -0.1) is 0 Å². The zero-order chi connectivity index (χ0) is 52.0. The second-order valence-corrected chi connectivity index (χ2v) is 19.1. The second-order valence-electron chi connectivity index (χ2n) is 19.1. The van der Waals surface area contributed by atoms with Crippen LogP contribution in [-0.2, 0) is 33.3 Å². The van der Waals surface area contributed by atoms with Crippen molar-refractivity contribution in [3.63, 3.8) is 0 Å². The third kappa shape index (κ3) is 53.3. The Labute approximate surface area is 434 Å². The van der Waals surface area contributed by atoms with E-state index in [4.69, 9.17) is 18.9 Å². The monoisotopic (exact) mass is 988 g/mol. The highest BCUT2D eigenvalue weighted by atomic mass is 16.7. The van der Waals surface area contributed by atoms with Crippen molar-refractivity contribution in [2.24, 2.45) is 0 Å². The minimum Gasteiger partial charge on any atom is -0.545 e. The van der Waals surface area contributed by atoms with Gasteiger partial charge in [0.05, 0.1) is 40.3 Å². The van der Waals surface area contributed by atoms with Gasteiger partial charge < -0.3 is 33.3 Å². The van der Waals surface area contributed by atoms with E-state index >= 15 is 0 Å². The van der Waals surface area contributed by atoms with Crippen LogP contribution in [-0.4, -0.2) is 82.3 Å². The summed E-state index contributed by atoms with van der Waals surface area (Å²) < 4.78 is 22.6. The number of hydrogen-bond donors (Lipinski definition) is 0. The van der Waals surface area contributed by atoms with Crippen LogP contribution in [0.3, 0.4) is 0 Å². The van der Waals surface area contributed by atoms with Gasteiger partial charge in [-0.1, -0.05) is 200 Å². The molecule has 71 heavy (non-hydrogen) atoms. The molecule has 0 aliphatic carbocycles. The molecule has 0 radical (unpaired) electrons. The fourth-order valence-electron chi connectivity index (χ4n) is 7.00. The average molecular weight is 988 g/mol. The SMILES string of the molecule is CC/C=C\C/C=C\C/C=C\C/C=C\C/C=C\CCCCCCCCCCCC(=O)OC(COC(=O)CCCCCCC/C=C\C/C=C\C/C=C\C/C=C\C/C=C\CC)COC(OCC[N+](C)(C)C)C(=O)[O-]. The molecule has 402 valence electrons. The molecule has 0 fully saturated rings. The summed E-state index contributed by atoms with van der Waals surface area (Å²) in [5.41, 5.74) is 0. The van der Waals surface area contributed by atoms with Crippen molar-refractivity contribution in [3.8, 4) is 0 Å². The van der Waals surface area contributed by atoms with Crippen molar-refractivity contribution in [2.45, 2.75) is 206 Å². The molecule has 0 aromatic carbocycles. The number of allylic oxidation sites excluding steroid dienone is 20. The second kappa shape index (κ2) is 52.0. The number of esters is 2. The molecule has 0 heterocycles. The van der Waals surface area contributed by atoms with E-state index in [1.807, 2.05) is 21.1 Å². The molecule has 0 saturated carbocycles. The lowest BCUT2D eigenvalue weighted by atomic mass is 10.1. The number of carboxylic acids is 1. The van der Waals surface area contributed by atoms with Gasteiger partial charge in [-0.2, -0.15) is 0 Å². The molecule has 0 spiro atoms. The summed E-state index contributed by atoms with van der Waals surface area (Å²) in [6, 6.07) is 0. The molecule has 0 saturated heterocycles. The molecule has 0 amide bonds. The molecule has 9 nitrogen and oxygen atoms in total. The lowest BCUT2D eigenvalue weighted by Gasteiger charge is -2.26. The standard InChI is InChI=1S/C62H101NO8/c1-6-8-10-12-14-16-18-20-22-24-26-28-29-30-31-33-35-37-39-41-43-45-47-49-51-53-60(65)71-58(57-70-62(61(66)67)68-55-54-63(3,4)5)56-69-59(64)52-50-48-46-44-42-40-38-36-34-32-27-25-23-21-19-17-15-13-11-9-7-2/h8-11,14-17,20-23,26-28,30-32,36,38,58,62H,6-7,12-13,18-19,24-25,29,33-35,37,39-57H2,1-5H3/b10-8-,11-9-,16-14-,17-15-,22-20-,23-21-,28-26-,31-30-,32-27-,38-36-. The molecular weight excluding hydrogens is 887 g/mol. The van der Waals surface area contributed by atoms with Crippen molar-refractivity contribution in [3.05, 3.63) is 122 Å². The van der Waals surface area contributed by atoms with E-state index in [2.05, 4.69) is 135 Å². The first kappa shape index (κ1) is 66.7. The predicted molar refractivity (Wildman–Crippen MR) is 296 cm³/mol. The molecule has 0 aromatic rings. The van der Waals surface area contributed by atoms with E-state index in [0.29, 0.717) is 23.9 Å². The van der Waals surface area contributed by atoms with Crippen molar-refractivity contribution < 1.29 is 42.9 Å². The fourth-order valence-corrected chi connectivity index (χ4v) is 7.00. The van der Waals surface area contributed by atoms with Gasteiger partial charge in [-0.05, 0) is 103 Å². The van der Waals surface area contributed by atoms with Crippen molar-refractivity contribution in [2.75, 3.05) is 47.5 Å². The Morgan fingerprint density at radius 1 is 0.423 bits per heavy atom. The Balaban J connectivity index is 4.37. The number of carbonyl (C=O) groups excluding carboxylic acids is 3. The minimum absolute atomic E-state index is 0.136. The third-order valence-corrected chi connectivity index (χ3v) is 11.2. The summed E-state index contributed by atoms with van der Waals surface area (Å²) in [5.74, 6) is -2.33. The zero-order valence-corrected chi connectivity index (χ0v) is 45.5. The highest BCUT2D eigenvalue weighted by Crippen LogP contribution is 2.14. The molecule has 0 rings (SSSR count). The van der Waals surface area contributed by atoms with Crippen molar-refractivity contribution in [1.29, 1.82) is 0 Å². The maximum absolute atomic E-state index is 12.9. The van der Waals surface area contributed by atoms with E-state index < -0.39 is 24.3 Å². The van der Waals surface area contributed by atoms with E-state index in [1.165, 1.54) is 32.1 Å². The number of carboxylic acid groups (broad SMARTS) is 1. The van der Waals surface area contributed by atoms with E-state index in [0.717, 1.165) is 122 Å². The van der Waals surface area contributed by atoms with Crippen LogP contribution in [0.4, 0.5) is 0 Å². The quantitative estimate of drug-likeness (QED) is 0.0195. The van der Waals surface area contributed by atoms with Crippen LogP contribution in [0.25, 0.3) is 0 Å². The van der Waals surface area contributed by atoms with Crippen molar-refractivity contribution >= 4 is 17.9 Å². The largest absolute Gasteiger partial charge is 0.545 e. The number of aliphatic carboxylic acids is 1. The Hall–Kier alpha value is -4.31. The molecule has 0 N–H and O–H groups in total. The zero-order valence-electron chi connectivity index (χ0n) is 45.5. The first-order valence-corrected chi connectivity index (χ1v) is 27.7. The highest BCUT2D eigenvalue weighted by Gasteiger charge is 2.22. The number of hydrogen-bond acceptors (Lipinski definition) is 8. The number of likely N-dealkylation sites (N-methyl/N-ethyl adjacent to an activating group) is 1. The summed E-state index contributed by atoms with van der Waals surface area (Å²) >= 11 is 0. The summed E-state index contributed by atoms with van der Waals surface area (Å²) in [4.78, 5) is 37.3. The molecule has 0 aromatic heterocycles. The molecule has 0 bridgehead atoms. The van der Waals surface area contributed by atoms with Gasteiger partial charge in [-0.25, -0.2) is 0 Å². The maximum atomic E-state index is 12.9. The predicted octanol–water partition coefficient (Wildman–Crippen LogP) is 14.8. The summed E-state index contributed by atoms with van der Waals surface area (Å²) in [7, 11) is 5.90. The first-order chi connectivity index (χ1) is 34.6. The molecule has 9 heteroatoms. The Kier molecular flexibility index (Phi) is 48.9. The van der Waals surface area contributed by atoms with Crippen LogP contribution in [0.1, 0.15) is 194 Å². The van der Waals surface area contributed by atoms with Gasteiger partial charge in [0.25, 0.3) is 0 Å². The normalized spacial score (nSPS) is 13.8. The van der Waals surface area contributed by atoms with Gasteiger partial charge in [0.1, 0.15) is 13.2 Å². The van der Waals surface area contributed by atoms with Crippen LogP contribution >= 0.6 is 0 Å². The van der Waals surface area contributed by atoms with Gasteiger partial charge >= 0.3 is 11.9 Å². The highest BCUT2D eigenvalue weighted by molar-refractivity contribution is 5.70. The van der Waals surface area contributed by atoms with Gasteiger partial charge in [-0.3, -0.25) is 9.59 Å². The van der Waals surface area contributed by atoms with Crippen LogP contribution in [0, 0.1) is 0 Å². The van der Waals surface area contributed by atoms with E-state index in [-0.39, 0.29) is 38.6 Å². The maximum Gasteiger partial charge on any atom is 0.306 e. The lowest BCUT2D eigenvalue weighted by molar-refractivity contribution is -0.870. The lowest BCUT2D eigenvalue weighted by Crippen LogP contribution is -2.44. The number of unbranched alkanes of at least 4 members (excludes halogenated alkanes) is 14. The summed E-state index contributed by atoms with van der Waals surface area (Å²) in [5, 5.41) is 11.8. The number of carbonyl (C=O) groups is 3. The Morgan fingerprint density at radius 3 is 1.13 bits per heavy atom. The van der Waals surface area contributed by atoms with Gasteiger partial charge in [0.15, 0.2) is 12.4 Å². The Bertz CT molecular complexity index is 1570. The topological polar surface area (TPSA) is 111 Å². The molecule has 0 aliphatic rings. The van der Waals surface area contributed by atoms with E-state index in [1.54, 1.807) is 0 Å². The fraction of sp³-hybridized carbons (Fsp3) is 0.629. The van der Waals surface area contributed by atoms with E-state index in [9.17, 15) is 19.5 Å². The van der Waals surface area contributed by atoms with Gasteiger partial charge in [0, 0.05) is 12.8 Å². The van der Waals surface area contributed by atoms with Crippen LogP contribution in [0.5, 0.6) is 0 Å². The smallest absolute Gasteiger partial charge is 0.306 e. The number of ether oxygens (including phenoxy) is 4. The first-order valence-electron chi connectivity index (χ1n) is 27.7. The minimum atomic E-state index is -1.64. The number of rotatable bonds is 49.